The molecule has 1 aliphatic heterocycles. The Hall–Kier alpha value is -0.930. The quantitative estimate of drug-likeness (QED) is 0.853. The van der Waals surface area contributed by atoms with Gasteiger partial charge in [-0.1, -0.05) is 38.0 Å². The van der Waals surface area contributed by atoms with Crippen LogP contribution in [-0.2, 0) is 0 Å². The molecule has 0 aromatic heterocycles. The van der Waals surface area contributed by atoms with Crippen molar-refractivity contribution < 1.29 is 9.50 Å². The molecule has 1 saturated heterocycles. The molecular formula is C17H26FNO. The van der Waals surface area contributed by atoms with Gasteiger partial charge in [-0.3, -0.25) is 0 Å². The van der Waals surface area contributed by atoms with E-state index in [4.69, 9.17) is 0 Å². The van der Waals surface area contributed by atoms with Crippen LogP contribution in [0.4, 0.5) is 4.39 Å². The van der Waals surface area contributed by atoms with Gasteiger partial charge >= 0.3 is 0 Å². The molecule has 1 aliphatic rings. The molecule has 2 atom stereocenters. The molecule has 2 unspecified atom stereocenters. The van der Waals surface area contributed by atoms with Crippen LogP contribution in [0, 0.1) is 5.82 Å². The molecule has 20 heavy (non-hydrogen) atoms. The molecule has 0 bridgehead atoms. The first kappa shape index (κ1) is 15.5. The highest BCUT2D eigenvalue weighted by Crippen LogP contribution is 2.24. The summed E-state index contributed by atoms with van der Waals surface area (Å²) in [6.07, 6.45) is 6.19. The molecule has 1 N–H and O–H groups in total. The zero-order chi connectivity index (χ0) is 14.4. The predicted molar refractivity (Wildman–Crippen MR) is 80.1 cm³/mol. The van der Waals surface area contributed by atoms with Crippen molar-refractivity contribution in [3.8, 4) is 0 Å². The van der Waals surface area contributed by atoms with Gasteiger partial charge in [0.2, 0.25) is 0 Å². The first-order chi connectivity index (χ1) is 9.72. The van der Waals surface area contributed by atoms with E-state index in [1.165, 1.54) is 38.2 Å². The lowest BCUT2D eigenvalue weighted by Crippen LogP contribution is -2.40. The van der Waals surface area contributed by atoms with Crippen molar-refractivity contribution in [2.45, 2.75) is 57.6 Å². The average Bonchev–Trinajstić information content (AvgIpc) is 2.47. The summed E-state index contributed by atoms with van der Waals surface area (Å²) >= 11 is 0. The molecule has 0 saturated carbocycles. The Morgan fingerprint density at radius 2 is 2.15 bits per heavy atom. The van der Waals surface area contributed by atoms with Crippen molar-refractivity contribution in [3.05, 3.63) is 35.6 Å². The number of rotatable bonds is 6. The molecule has 112 valence electrons. The number of aliphatic hydroxyl groups is 1. The molecule has 1 heterocycles. The second-order valence-electron chi connectivity index (χ2n) is 5.80. The van der Waals surface area contributed by atoms with Crippen LogP contribution in [0.5, 0.6) is 0 Å². The SMILES string of the molecule is CCCC1CCCCN1CCC(O)c1ccccc1F. The summed E-state index contributed by atoms with van der Waals surface area (Å²) in [5.74, 6) is -0.302. The molecule has 0 amide bonds. The average molecular weight is 279 g/mol. The molecule has 3 heteroatoms. The Kier molecular flexibility index (Phi) is 5.99. The lowest BCUT2D eigenvalue weighted by atomic mass is 9.97. The number of piperidine rings is 1. The highest BCUT2D eigenvalue weighted by Gasteiger charge is 2.22. The number of benzene rings is 1. The van der Waals surface area contributed by atoms with Crippen LogP contribution < -0.4 is 0 Å². The Bertz CT molecular complexity index is 408. The van der Waals surface area contributed by atoms with E-state index in [0.717, 1.165) is 13.1 Å². The predicted octanol–water partition coefficient (Wildman–Crippen LogP) is 3.90. The van der Waals surface area contributed by atoms with E-state index in [2.05, 4.69) is 11.8 Å². The minimum absolute atomic E-state index is 0.302. The van der Waals surface area contributed by atoms with E-state index < -0.39 is 6.10 Å². The summed E-state index contributed by atoms with van der Waals surface area (Å²) in [6, 6.07) is 7.19. The van der Waals surface area contributed by atoms with Gasteiger partial charge in [-0.05, 0) is 38.3 Å². The minimum atomic E-state index is -0.694. The fourth-order valence-electron chi connectivity index (χ4n) is 3.20. The molecule has 0 spiro atoms. The van der Waals surface area contributed by atoms with Crippen LogP contribution in [-0.4, -0.2) is 29.1 Å². The lowest BCUT2D eigenvalue weighted by molar-refractivity contribution is 0.0972. The van der Waals surface area contributed by atoms with E-state index >= 15 is 0 Å². The fourth-order valence-corrected chi connectivity index (χ4v) is 3.20. The molecule has 2 nitrogen and oxygen atoms in total. The lowest BCUT2D eigenvalue weighted by Gasteiger charge is -2.36. The topological polar surface area (TPSA) is 23.5 Å². The van der Waals surface area contributed by atoms with Gasteiger partial charge in [-0.2, -0.15) is 0 Å². The van der Waals surface area contributed by atoms with Gasteiger partial charge in [0.25, 0.3) is 0 Å². The summed E-state index contributed by atoms with van der Waals surface area (Å²) in [6.45, 7) is 4.20. The molecule has 1 aromatic rings. The van der Waals surface area contributed by atoms with Gasteiger partial charge in [-0.25, -0.2) is 4.39 Å². The molecule has 0 aliphatic carbocycles. The van der Waals surface area contributed by atoms with Crippen LogP contribution in [0.25, 0.3) is 0 Å². The number of aliphatic hydroxyl groups excluding tert-OH is 1. The number of likely N-dealkylation sites (tertiary alicyclic amines) is 1. The normalized spacial score (nSPS) is 21.9. The minimum Gasteiger partial charge on any atom is -0.388 e. The summed E-state index contributed by atoms with van der Waals surface area (Å²) in [4.78, 5) is 2.48. The number of hydrogen-bond acceptors (Lipinski definition) is 2. The molecule has 1 fully saturated rings. The summed E-state index contributed by atoms with van der Waals surface area (Å²) in [7, 11) is 0. The summed E-state index contributed by atoms with van der Waals surface area (Å²) in [5.41, 5.74) is 0.427. The van der Waals surface area contributed by atoms with Crippen LogP contribution in [0.1, 0.15) is 57.1 Å². The highest BCUT2D eigenvalue weighted by molar-refractivity contribution is 5.19. The fraction of sp³-hybridized carbons (Fsp3) is 0.647. The smallest absolute Gasteiger partial charge is 0.128 e. The first-order valence-electron chi connectivity index (χ1n) is 7.89. The van der Waals surface area contributed by atoms with Crippen LogP contribution in [0.15, 0.2) is 24.3 Å². The number of halogens is 1. The van der Waals surface area contributed by atoms with Crippen molar-refractivity contribution >= 4 is 0 Å². The van der Waals surface area contributed by atoms with Crippen LogP contribution in [0.2, 0.25) is 0 Å². The zero-order valence-corrected chi connectivity index (χ0v) is 12.4. The van der Waals surface area contributed by atoms with Gasteiger partial charge in [0.1, 0.15) is 5.82 Å². The Balaban J connectivity index is 1.88. The third-order valence-electron chi connectivity index (χ3n) is 4.32. The van der Waals surface area contributed by atoms with Gasteiger partial charge in [0, 0.05) is 18.2 Å². The summed E-state index contributed by atoms with van der Waals surface area (Å²) in [5, 5.41) is 10.2. The highest BCUT2D eigenvalue weighted by atomic mass is 19.1. The van der Waals surface area contributed by atoms with Crippen LogP contribution >= 0.6 is 0 Å². The maximum absolute atomic E-state index is 13.6. The molecule has 1 aromatic carbocycles. The Labute approximate surface area is 121 Å². The maximum Gasteiger partial charge on any atom is 0.128 e. The molecule has 2 rings (SSSR count). The van der Waals surface area contributed by atoms with E-state index in [1.54, 1.807) is 18.2 Å². The van der Waals surface area contributed by atoms with Crippen molar-refractivity contribution in [2.75, 3.05) is 13.1 Å². The van der Waals surface area contributed by atoms with Crippen LogP contribution in [0.3, 0.4) is 0 Å². The van der Waals surface area contributed by atoms with Gasteiger partial charge in [0.15, 0.2) is 0 Å². The first-order valence-corrected chi connectivity index (χ1v) is 7.89. The Morgan fingerprint density at radius 1 is 1.35 bits per heavy atom. The third kappa shape index (κ3) is 4.03. The van der Waals surface area contributed by atoms with E-state index in [0.29, 0.717) is 18.0 Å². The maximum atomic E-state index is 13.6. The van der Waals surface area contributed by atoms with Crippen molar-refractivity contribution in [1.29, 1.82) is 0 Å². The van der Waals surface area contributed by atoms with E-state index in [1.807, 2.05) is 0 Å². The van der Waals surface area contributed by atoms with Crippen molar-refractivity contribution in [2.24, 2.45) is 0 Å². The molecule has 0 radical (unpaired) electrons. The van der Waals surface area contributed by atoms with Gasteiger partial charge in [0.05, 0.1) is 6.10 Å². The van der Waals surface area contributed by atoms with E-state index in [-0.39, 0.29) is 5.82 Å². The second kappa shape index (κ2) is 7.75. The molecular weight excluding hydrogens is 253 g/mol. The largest absolute Gasteiger partial charge is 0.388 e. The van der Waals surface area contributed by atoms with Gasteiger partial charge in [-0.15, -0.1) is 0 Å². The monoisotopic (exact) mass is 279 g/mol. The zero-order valence-electron chi connectivity index (χ0n) is 12.4. The second-order valence-corrected chi connectivity index (χ2v) is 5.80. The Morgan fingerprint density at radius 3 is 2.90 bits per heavy atom. The van der Waals surface area contributed by atoms with E-state index in [9.17, 15) is 9.50 Å². The number of nitrogens with zero attached hydrogens (tertiary/aromatic N) is 1. The standard InChI is InChI=1S/C17H26FNO/c1-2-7-14-8-5-6-12-19(14)13-11-17(20)15-9-3-4-10-16(15)18/h3-4,9-10,14,17,20H,2,5-8,11-13H2,1H3. The van der Waals surface area contributed by atoms with Crippen molar-refractivity contribution in [1.82, 2.24) is 4.90 Å². The number of hydrogen-bond donors (Lipinski definition) is 1. The van der Waals surface area contributed by atoms with Gasteiger partial charge < -0.3 is 10.0 Å². The van der Waals surface area contributed by atoms with Crippen molar-refractivity contribution in [3.63, 3.8) is 0 Å². The summed E-state index contributed by atoms with van der Waals surface area (Å²) < 4.78 is 13.6. The third-order valence-corrected chi connectivity index (χ3v) is 4.32.